The van der Waals surface area contributed by atoms with Crippen molar-refractivity contribution in [2.24, 2.45) is 10.3 Å². The first-order valence-corrected chi connectivity index (χ1v) is 18.3. The summed E-state index contributed by atoms with van der Waals surface area (Å²) >= 11 is 10.3. The van der Waals surface area contributed by atoms with E-state index in [9.17, 15) is 19.5 Å². The summed E-state index contributed by atoms with van der Waals surface area (Å²) in [6, 6.07) is 3.24. The standard InChI is InChI=1S/C29H31ClN10O5S3/c1-45-35-21(20-24(30)48-29(31)34-20)25(41)33-22-26(42)40-23(28(43)44)17(15-47-27(22)40)12-38-7-4-19-36(8-9-39(19)38)13-18-10-16(14-46-18)11-32-37-5-2-3-6-37/h4,7,10-11,14,22,27H,2-3,5-6,8-9,12-13,15H2,1H3,(H3-,31,33,34,41,43,44)/p+1/b32-11?,35-21-/t22-,27-/m1/s1. The van der Waals surface area contributed by atoms with Crippen LogP contribution in [0.1, 0.15) is 29.0 Å². The van der Waals surface area contributed by atoms with Crippen LogP contribution < -0.4 is 20.6 Å². The maximum atomic E-state index is 13.3. The molecule has 0 unspecified atom stereocenters. The van der Waals surface area contributed by atoms with Gasteiger partial charge in [-0.05, 0) is 24.3 Å². The number of aliphatic carboxylic acids is 1. The summed E-state index contributed by atoms with van der Waals surface area (Å²) in [4.78, 5) is 52.7. The molecule has 15 nitrogen and oxygen atoms in total. The number of nitrogen functional groups attached to an aromatic ring is 1. The number of nitrogens with zero attached hydrogens (tertiary/aromatic N) is 8. The Morgan fingerprint density at radius 2 is 2.10 bits per heavy atom. The van der Waals surface area contributed by atoms with Gasteiger partial charge in [-0.25, -0.2) is 9.78 Å². The minimum absolute atomic E-state index is 0.0321. The van der Waals surface area contributed by atoms with Gasteiger partial charge in [0.2, 0.25) is 0 Å². The highest BCUT2D eigenvalue weighted by Crippen LogP contribution is 2.40. The Morgan fingerprint density at radius 1 is 1.29 bits per heavy atom. The zero-order valence-corrected chi connectivity index (χ0v) is 28.9. The minimum atomic E-state index is -1.20. The van der Waals surface area contributed by atoms with Crippen LogP contribution >= 0.6 is 46.0 Å². The first kappa shape index (κ1) is 32.4. The first-order chi connectivity index (χ1) is 23.2. The number of nitrogens with two attached hydrogens (primary N) is 1. The molecule has 0 aromatic carbocycles. The van der Waals surface area contributed by atoms with Crippen LogP contribution in [-0.2, 0) is 38.9 Å². The molecule has 0 saturated carbocycles. The van der Waals surface area contributed by atoms with Gasteiger partial charge in [0.25, 0.3) is 11.8 Å². The number of hydrogen-bond acceptors (Lipinski definition) is 13. The molecule has 0 spiro atoms. The minimum Gasteiger partial charge on any atom is -0.477 e. The third-order valence-corrected chi connectivity index (χ3v) is 11.8. The third-order valence-electron chi connectivity index (χ3n) is 8.46. The number of thioether (sulfide) groups is 1. The molecule has 4 aliphatic rings. The van der Waals surface area contributed by atoms with Gasteiger partial charge in [-0.15, -0.1) is 32.5 Å². The molecule has 4 N–H and O–H groups in total. The van der Waals surface area contributed by atoms with Crippen molar-refractivity contribution < 1.29 is 29.0 Å². The molecule has 0 radical (unpaired) electrons. The molecular weight excluding hydrogens is 700 g/mol. The Hall–Kier alpha value is -4.13. The van der Waals surface area contributed by atoms with Crippen molar-refractivity contribution in [2.75, 3.05) is 43.1 Å². The molecular formula is C29H32ClN10O5S3+. The molecule has 0 bridgehead atoms. The number of carboxylic acids is 1. The number of halogens is 1. The van der Waals surface area contributed by atoms with Crippen molar-refractivity contribution >= 4 is 86.7 Å². The van der Waals surface area contributed by atoms with Crippen LogP contribution in [0.2, 0.25) is 4.34 Å². The second kappa shape index (κ2) is 13.4. The second-order valence-corrected chi connectivity index (χ2v) is 15.2. The number of anilines is 2. The number of fused-ring (bicyclic) bond motifs is 2. The first-order valence-electron chi connectivity index (χ1n) is 15.2. The van der Waals surface area contributed by atoms with E-state index in [4.69, 9.17) is 22.2 Å². The molecule has 48 heavy (non-hydrogen) atoms. The summed E-state index contributed by atoms with van der Waals surface area (Å²) in [7, 11) is 1.26. The van der Waals surface area contributed by atoms with Crippen molar-refractivity contribution in [1.29, 1.82) is 0 Å². The summed E-state index contributed by atoms with van der Waals surface area (Å²) in [5.74, 6) is -1.06. The van der Waals surface area contributed by atoms with E-state index in [1.807, 2.05) is 23.2 Å². The van der Waals surface area contributed by atoms with Gasteiger partial charge in [0, 0.05) is 41.4 Å². The molecule has 7 rings (SSSR count). The highest BCUT2D eigenvalue weighted by atomic mass is 35.5. The quantitative estimate of drug-likeness (QED) is 0.114. The number of hydrazone groups is 1. The number of carbonyl (C=O) groups excluding carboxylic acids is 2. The fraction of sp³-hybridized carbons (Fsp3) is 0.414. The van der Waals surface area contributed by atoms with Gasteiger partial charge in [-0.2, -0.15) is 5.10 Å². The monoisotopic (exact) mass is 731 g/mol. The van der Waals surface area contributed by atoms with Crippen LogP contribution in [0.25, 0.3) is 0 Å². The number of β-lactam (4-membered cyclic amide) rings is 1. The maximum Gasteiger partial charge on any atom is 0.352 e. The average Bonchev–Trinajstić information content (AvgIpc) is 3.90. The maximum absolute atomic E-state index is 13.3. The largest absolute Gasteiger partial charge is 0.477 e. The lowest BCUT2D eigenvalue weighted by Crippen LogP contribution is -2.71. The molecule has 4 aliphatic heterocycles. The zero-order chi connectivity index (χ0) is 33.5. The molecule has 7 heterocycles. The van der Waals surface area contributed by atoms with Gasteiger partial charge in [-0.1, -0.05) is 28.1 Å². The van der Waals surface area contributed by atoms with E-state index in [1.165, 1.54) is 41.5 Å². The van der Waals surface area contributed by atoms with E-state index < -0.39 is 29.2 Å². The summed E-state index contributed by atoms with van der Waals surface area (Å²) in [5.41, 5.74) is 7.17. The topological polar surface area (TPSA) is 175 Å². The normalized spacial score (nSPS) is 20.8. The molecule has 3 aromatic rings. The average molecular weight is 732 g/mol. The molecule has 2 saturated heterocycles. The number of thiazole rings is 1. The van der Waals surface area contributed by atoms with Crippen molar-refractivity contribution in [2.45, 2.75) is 43.9 Å². The molecule has 2 atom stereocenters. The van der Waals surface area contributed by atoms with E-state index in [0.29, 0.717) is 17.9 Å². The summed E-state index contributed by atoms with van der Waals surface area (Å²) in [5, 5.41) is 25.0. The molecule has 2 fully saturated rings. The van der Waals surface area contributed by atoms with Crippen molar-refractivity contribution in [3.05, 3.63) is 55.5 Å². The number of oxime groups is 1. The Morgan fingerprint density at radius 3 is 2.83 bits per heavy atom. The highest BCUT2D eigenvalue weighted by Gasteiger charge is 2.55. The van der Waals surface area contributed by atoms with Gasteiger partial charge in [0.1, 0.15) is 34.3 Å². The van der Waals surface area contributed by atoms with Gasteiger partial charge in [-0.3, -0.25) is 19.5 Å². The second-order valence-electron chi connectivity index (χ2n) is 11.5. The predicted octanol–water partition coefficient (Wildman–Crippen LogP) is 1.77. The van der Waals surface area contributed by atoms with Crippen LogP contribution in [0.3, 0.4) is 0 Å². The highest BCUT2D eigenvalue weighted by molar-refractivity contribution is 8.00. The Bertz CT molecular complexity index is 1860. The van der Waals surface area contributed by atoms with Crippen LogP contribution in [0.5, 0.6) is 0 Å². The van der Waals surface area contributed by atoms with Crippen molar-refractivity contribution in [1.82, 2.24) is 24.9 Å². The lowest BCUT2D eigenvalue weighted by molar-refractivity contribution is -0.766. The van der Waals surface area contributed by atoms with Crippen LogP contribution in [0.15, 0.2) is 45.2 Å². The van der Waals surface area contributed by atoms with E-state index in [2.05, 4.69) is 46.6 Å². The smallest absolute Gasteiger partial charge is 0.352 e. The fourth-order valence-corrected chi connectivity index (χ4v) is 9.36. The SMILES string of the molecule is CO/N=C(\C(=O)N[C@@H]1C(=O)N2C(C(=O)O)=C(C[n+]3ccc4n3CCN4Cc3cc(C=NN4CCCC4)cs3)CS[C@H]12)c1nc(N)sc1Cl. The van der Waals surface area contributed by atoms with E-state index >= 15 is 0 Å². The lowest BCUT2D eigenvalue weighted by atomic mass is 10.0. The number of carbonyl (C=O) groups is 3. The molecule has 2 amide bonds. The number of thiophene rings is 1. The Labute approximate surface area is 292 Å². The van der Waals surface area contributed by atoms with E-state index in [-0.39, 0.29) is 26.6 Å². The van der Waals surface area contributed by atoms with Gasteiger partial charge < -0.3 is 25.9 Å². The predicted molar refractivity (Wildman–Crippen MR) is 183 cm³/mol. The van der Waals surface area contributed by atoms with E-state index in [1.54, 1.807) is 11.3 Å². The number of amides is 2. The molecule has 252 valence electrons. The zero-order valence-electron chi connectivity index (χ0n) is 25.7. The van der Waals surface area contributed by atoms with Gasteiger partial charge in [0.05, 0.1) is 25.4 Å². The number of rotatable bonds is 11. The molecule has 3 aromatic heterocycles. The van der Waals surface area contributed by atoms with Crippen LogP contribution in [0, 0.1) is 0 Å². The summed E-state index contributed by atoms with van der Waals surface area (Å²) in [6.07, 6.45) is 6.27. The number of nitrogens with one attached hydrogen (secondary N) is 1. The number of hydrogen-bond donors (Lipinski definition) is 3. The number of aromatic nitrogens is 3. The molecule has 19 heteroatoms. The van der Waals surface area contributed by atoms with Gasteiger partial charge in [0.15, 0.2) is 29.4 Å². The number of carboxylic acid groups (broad SMARTS) is 1. The summed E-state index contributed by atoms with van der Waals surface area (Å²) < 4.78 is 4.28. The van der Waals surface area contributed by atoms with Crippen LogP contribution in [-0.4, -0.2) is 98.3 Å². The Kier molecular flexibility index (Phi) is 9.06. The Balaban J connectivity index is 1.03. The third kappa shape index (κ3) is 6.12. The summed E-state index contributed by atoms with van der Waals surface area (Å²) in [6.45, 7) is 4.68. The van der Waals surface area contributed by atoms with Gasteiger partial charge >= 0.3 is 5.97 Å². The lowest BCUT2D eigenvalue weighted by Gasteiger charge is -2.49. The molecule has 0 aliphatic carbocycles. The van der Waals surface area contributed by atoms with Crippen molar-refractivity contribution in [3.63, 3.8) is 0 Å². The van der Waals surface area contributed by atoms with Crippen LogP contribution in [0.4, 0.5) is 10.9 Å². The van der Waals surface area contributed by atoms with E-state index in [0.717, 1.165) is 55.4 Å². The fourth-order valence-electron chi connectivity index (χ4n) is 6.25. The van der Waals surface area contributed by atoms with Crippen molar-refractivity contribution in [3.8, 4) is 0 Å².